The fraction of sp³-hybridized carbons (Fsp3) is 0.200. The molecule has 0 spiro atoms. The van der Waals surface area contributed by atoms with Crippen LogP contribution in [-0.4, -0.2) is 28.2 Å². The number of phenolic OH excluding ortho intramolecular Hbond substituents is 1. The molecule has 0 fully saturated rings. The van der Waals surface area contributed by atoms with Crippen LogP contribution in [0.3, 0.4) is 0 Å². The van der Waals surface area contributed by atoms with Crippen molar-refractivity contribution >= 4 is 11.9 Å². The van der Waals surface area contributed by atoms with Crippen molar-refractivity contribution in [1.82, 2.24) is 0 Å². The van der Waals surface area contributed by atoms with Gasteiger partial charge in [0.25, 0.3) is 0 Å². The monoisotopic (exact) mass is 247 g/mol. The first-order valence-corrected chi connectivity index (χ1v) is 4.43. The molecule has 1 aromatic rings. The van der Waals surface area contributed by atoms with Crippen molar-refractivity contribution < 1.29 is 54.5 Å². The van der Waals surface area contributed by atoms with Crippen molar-refractivity contribution in [2.24, 2.45) is 5.73 Å². The van der Waals surface area contributed by atoms with Crippen molar-refractivity contribution in [2.45, 2.75) is 12.5 Å². The molecule has 0 aromatic heterocycles. The minimum Gasteiger partial charge on any atom is -0.545 e. The van der Waals surface area contributed by atoms with Crippen molar-refractivity contribution in [2.75, 3.05) is 0 Å². The molecule has 0 aliphatic carbocycles. The Morgan fingerprint density at radius 3 is 2.47 bits per heavy atom. The second-order valence-electron chi connectivity index (χ2n) is 3.28. The fourth-order valence-electron chi connectivity index (χ4n) is 1.26. The standard InChI is InChI=1S/C10H11NO5.Na/c11-8(10(15)16)3-5-1-2-6(12)4-7(5)9(13)14;/h1-2,4,8,12H,3,11H2,(H,13,14)(H,15,16);/q;+1/p-1/t8-;/m0./s1. The summed E-state index contributed by atoms with van der Waals surface area (Å²) >= 11 is 0. The molecule has 1 atom stereocenters. The van der Waals surface area contributed by atoms with Gasteiger partial charge < -0.3 is 25.8 Å². The van der Waals surface area contributed by atoms with Gasteiger partial charge in [0.15, 0.2) is 0 Å². The van der Waals surface area contributed by atoms with E-state index in [1.165, 1.54) is 12.1 Å². The summed E-state index contributed by atoms with van der Waals surface area (Å²) in [5.74, 6) is -2.94. The van der Waals surface area contributed by atoms with Gasteiger partial charge >= 0.3 is 35.5 Å². The molecule has 0 unspecified atom stereocenters. The molecule has 0 radical (unpaired) electrons. The SMILES string of the molecule is N[C@@H](Cc1ccc(O)cc1C(=O)[O-])C(=O)O.[Na+]. The molecule has 6 nitrogen and oxygen atoms in total. The van der Waals surface area contributed by atoms with Gasteiger partial charge in [-0.3, -0.25) is 4.79 Å². The van der Waals surface area contributed by atoms with E-state index >= 15 is 0 Å². The normalized spacial score (nSPS) is 11.4. The maximum Gasteiger partial charge on any atom is 1.00 e. The van der Waals surface area contributed by atoms with E-state index in [4.69, 9.17) is 15.9 Å². The van der Waals surface area contributed by atoms with Crippen LogP contribution in [0.5, 0.6) is 5.75 Å². The number of carboxylic acid groups (broad SMARTS) is 2. The van der Waals surface area contributed by atoms with Crippen LogP contribution in [0.15, 0.2) is 18.2 Å². The summed E-state index contributed by atoms with van der Waals surface area (Å²) in [6, 6.07) is 2.38. The Bertz CT molecular complexity index is 435. The molecule has 0 saturated carbocycles. The number of benzene rings is 1. The number of hydrogen-bond donors (Lipinski definition) is 3. The predicted octanol–water partition coefficient (Wildman–Crippen LogP) is -4.29. The third kappa shape index (κ3) is 4.35. The minimum atomic E-state index is -1.48. The molecule has 7 heteroatoms. The van der Waals surface area contributed by atoms with Gasteiger partial charge in [0.1, 0.15) is 11.8 Å². The molecular formula is C10H10NNaO5. The molecular weight excluding hydrogens is 237 g/mol. The van der Waals surface area contributed by atoms with Gasteiger partial charge in [-0.15, -0.1) is 0 Å². The van der Waals surface area contributed by atoms with E-state index in [9.17, 15) is 14.7 Å². The van der Waals surface area contributed by atoms with E-state index in [2.05, 4.69) is 0 Å². The second-order valence-corrected chi connectivity index (χ2v) is 3.28. The zero-order valence-corrected chi connectivity index (χ0v) is 11.2. The van der Waals surface area contributed by atoms with Crippen LogP contribution in [0.2, 0.25) is 0 Å². The van der Waals surface area contributed by atoms with Gasteiger partial charge in [-0.1, -0.05) is 6.07 Å². The zero-order valence-electron chi connectivity index (χ0n) is 9.21. The Balaban J connectivity index is 0.00000256. The van der Waals surface area contributed by atoms with Crippen LogP contribution >= 0.6 is 0 Å². The molecule has 0 aliphatic rings. The van der Waals surface area contributed by atoms with Gasteiger partial charge in [0.2, 0.25) is 0 Å². The molecule has 0 bridgehead atoms. The van der Waals surface area contributed by atoms with Crippen LogP contribution in [-0.2, 0) is 11.2 Å². The number of aliphatic carboxylic acids is 1. The molecule has 86 valence electrons. The van der Waals surface area contributed by atoms with Crippen molar-refractivity contribution in [3.8, 4) is 5.75 Å². The van der Waals surface area contributed by atoms with Crippen LogP contribution in [0.25, 0.3) is 0 Å². The summed E-state index contributed by atoms with van der Waals surface area (Å²) in [5, 5.41) is 28.4. The summed E-state index contributed by atoms with van der Waals surface area (Å²) in [6.45, 7) is 0. The van der Waals surface area contributed by atoms with Crippen LogP contribution < -0.4 is 40.4 Å². The maximum atomic E-state index is 10.7. The van der Waals surface area contributed by atoms with Gasteiger partial charge in [-0.2, -0.15) is 0 Å². The number of carbonyl (C=O) groups is 2. The number of aromatic carboxylic acids is 1. The molecule has 0 amide bonds. The Morgan fingerprint density at radius 2 is 2.00 bits per heavy atom. The van der Waals surface area contributed by atoms with Gasteiger partial charge in [-0.05, 0) is 24.1 Å². The summed E-state index contributed by atoms with van der Waals surface area (Å²) in [5.41, 5.74) is 5.24. The zero-order chi connectivity index (χ0) is 12.3. The fourth-order valence-corrected chi connectivity index (χ4v) is 1.26. The molecule has 0 aliphatic heterocycles. The largest absolute Gasteiger partial charge is 1.00 e. The summed E-state index contributed by atoms with van der Waals surface area (Å²) < 4.78 is 0. The number of rotatable bonds is 4. The number of nitrogens with two attached hydrogens (primary N) is 1. The third-order valence-corrected chi connectivity index (χ3v) is 2.07. The van der Waals surface area contributed by atoms with Crippen LogP contribution in [0.1, 0.15) is 15.9 Å². The first-order valence-electron chi connectivity index (χ1n) is 4.43. The van der Waals surface area contributed by atoms with Crippen molar-refractivity contribution in [3.63, 3.8) is 0 Å². The maximum absolute atomic E-state index is 10.7. The number of carbonyl (C=O) groups excluding carboxylic acids is 1. The quantitative estimate of drug-likeness (QED) is 0.462. The van der Waals surface area contributed by atoms with Gasteiger partial charge in [0.05, 0.1) is 5.97 Å². The molecule has 4 N–H and O–H groups in total. The Kier molecular flexibility index (Phi) is 6.19. The molecule has 1 rings (SSSR count). The van der Waals surface area contributed by atoms with Crippen molar-refractivity contribution in [1.29, 1.82) is 0 Å². The first kappa shape index (κ1) is 15.9. The number of hydrogen-bond acceptors (Lipinski definition) is 5. The Hall–Kier alpha value is -1.08. The van der Waals surface area contributed by atoms with E-state index < -0.39 is 18.0 Å². The average molecular weight is 247 g/mol. The van der Waals surface area contributed by atoms with E-state index in [0.717, 1.165) is 6.07 Å². The van der Waals surface area contributed by atoms with Gasteiger partial charge in [-0.25, -0.2) is 0 Å². The topological polar surface area (TPSA) is 124 Å². The number of aromatic hydroxyl groups is 1. The molecule has 1 aromatic carbocycles. The van der Waals surface area contributed by atoms with E-state index in [-0.39, 0.29) is 52.9 Å². The van der Waals surface area contributed by atoms with E-state index in [0.29, 0.717) is 0 Å². The van der Waals surface area contributed by atoms with Crippen molar-refractivity contribution in [3.05, 3.63) is 29.3 Å². The number of carboxylic acids is 2. The summed E-state index contributed by atoms with van der Waals surface area (Å²) in [6.07, 6.45) is -0.140. The molecule has 17 heavy (non-hydrogen) atoms. The Morgan fingerprint density at radius 1 is 1.41 bits per heavy atom. The molecule has 0 heterocycles. The van der Waals surface area contributed by atoms with Crippen LogP contribution in [0.4, 0.5) is 0 Å². The smallest absolute Gasteiger partial charge is 0.545 e. The Labute approximate surface area is 119 Å². The summed E-state index contributed by atoms with van der Waals surface area (Å²) in [7, 11) is 0. The number of phenols is 1. The minimum absolute atomic E-state index is 0. The molecule has 0 saturated heterocycles. The van der Waals surface area contributed by atoms with E-state index in [1.54, 1.807) is 0 Å². The average Bonchev–Trinajstić information content (AvgIpc) is 2.20. The first-order chi connectivity index (χ1) is 7.41. The van der Waals surface area contributed by atoms with Crippen LogP contribution in [0, 0.1) is 0 Å². The second kappa shape index (κ2) is 6.61. The predicted molar refractivity (Wildman–Crippen MR) is 51.8 cm³/mol. The van der Waals surface area contributed by atoms with Gasteiger partial charge in [0, 0.05) is 5.56 Å². The van der Waals surface area contributed by atoms with E-state index in [1.807, 2.05) is 0 Å². The summed E-state index contributed by atoms with van der Waals surface area (Å²) in [4.78, 5) is 21.2. The third-order valence-electron chi connectivity index (χ3n) is 2.07.